The molecule has 0 amide bonds. The summed E-state index contributed by atoms with van der Waals surface area (Å²) in [6.45, 7) is 1.55. The van der Waals surface area contributed by atoms with Crippen LogP contribution in [0.2, 0.25) is 0 Å². The van der Waals surface area contributed by atoms with E-state index in [0.717, 1.165) is 6.20 Å². The van der Waals surface area contributed by atoms with Crippen molar-refractivity contribution in [1.29, 1.82) is 0 Å². The van der Waals surface area contributed by atoms with Crippen molar-refractivity contribution in [2.75, 3.05) is 5.88 Å². The van der Waals surface area contributed by atoms with Crippen LogP contribution in [0.5, 0.6) is 0 Å². The fourth-order valence-corrected chi connectivity index (χ4v) is 1.76. The van der Waals surface area contributed by atoms with Crippen LogP contribution in [-0.2, 0) is 20.9 Å². The molecule has 0 unspecified atom stereocenters. The predicted octanol–water partition coefficient (Wildman–Crippen LogP) is 0.734. The first-order valence-electron chi connectivity index (χ1n) is 5.99. The van der Waals surface area contributed by atoms with Crippen molar-refractivity contribution in [3.05, 3.63) is 22.1 Å². The molecule has 0 aromatic carbocycles. The van der Waals surface area contributed by atoms with Gasteiger partial charge >= 0.3 is 17.8 Å². The molecule has 0 spiro atoms. The van der Waals surface area contributed by atoms with Crippen molar-refractivity contribution in [2.24, 2.45) is 0 Å². The molecule has 1 N–H and O–H groups in total. The SMILES string of the molecule is Cc1ncc([N+](=O)[O-])n1C[C@@H](CCl)OC(=O)CCC(=O)O.[Na]. The number of aliphatic carboxylic acids is 1. The number of rotatable bonds is 8. The van der Waals surface area contributed by atoms with Crippen LogP contribution in [0.4, 0.5) is 5.82 Å². The summed E-state index contributed by atoms with van der Waals surface area (Å²) in [5.41, 5.74) is 0. The minimum atomic E-state index is -1.12. The van der Waals surface area contributed by atoms with Crippen LogP contribution in [0, 0.1) is 17.0 Å². The molecule has 0 fully saturated rings. The molecule has 1 radical (unpaired) electrons. The molecule has 1 rings (SSSR count). The first-order valence-corrected chi connectivity index (χ1v) is 6.52. The van der Waals surface area contributed by atoms with Crippen molar-refractivity contribution in [2.45, 2.75) is 32.4 Å². The van der Waals surface area contributed by atoms with Gasteiger partial charge in [-0.25, -0.2) is 9.55 Å². The van der Waals surface area contributed by atoms with Gasteiger partial charge in [0.1, 0.15) is 12.7 Å². The van der Waals surface area contributed by atoms with Gasteiger partial charge in [-0.2, -0.15) is 0 Å². The molecule has 22 heavy (non-hydrogen) atoms. The van der Waals surface area contributed by atoms with Gasteiger partial charge in [0.15, 0.2) is 11.9 Å². The van der Waals surface area contributed by atoms with Crippen molar-refractivity contribution in [3.8, 4) is 0 Å². The second-order valence-electron chi connectivity index (χ2n) is 4.19. The average Bonchev–Trinajstić information content (AvgIpc) is 2.77. The molecule has 1 atom stereocenters. The minimum absolute atomic E-state index is 0. The van der Waals surface area contributed by atoms with Crippen LogP contribution in [0.15, 0.2) is 6.20 Å². The van der Waals surface area contributed by atoms with Gasteiger partial charge in [0.05, 0.1) is 18.7 Å². The van der Waals surface area contributed by atoms with E-state index in [1.54, 1.807) is 6.92 Å². The van der Waals surface area contributed by atoms with Gasteiger partial charge in [-0.05, 0) is 4.92 Å². The summed E-state index contributed by atoms with van der Waals surface area (Å²) in [4.78, 5) is 35.9. The number of nitrogens with zero attached hydrogens (tertiary/aromatic N) is 3. The van der Waals surface area contributed by atoms with Crippen LogP contribution in [0.25, 0.3) is 0 Å². The summed E-state index contributed by atoms with van der Waals surface area (Å²) >= 11 is 5.68. The summed E-state index contributed by atoms with van der Waals surface area (Å²) in [5, 5.41) is 19.3. The summed E-state index contributed by atoms with van der Waals surface area (Å²) in [7, 11) is 0. The van der Waals surface area contributed by atoms with Gasteiger partial charge in [0.2, 0.25) is 0 Å². The van der Waals surface area contributed by atoms with E-state index in [1.165, 1.54) is 4.57 Å². The topological polar surface area (TPSA) is 125 Å². The van der Waals surface area contributed by atoms with Crippen LogP contribution in [0.1, 0.15) is 18.7 Å². The van der Waals surface area contributed by atoms with Gasteiger partial charge in [-0.1, -0.05) is 0 Å². The van der Waals surface area contributed by atoms with Crippen molar-refractivity contribution in [1.82, 2.24) is 9.55 Å². The molecule has 0 aliphatic rings. The van der Waals surface area contributed by atoms with E-state index in [0.29, 0.717) is 5.82 Å². The smallest absolute Gasteiger partial charge is 0.342 e. The molecule has 1 heterocycles. The number of ether oxygens (including phenoxy) is 1. The second-order valence-corrected chi connectivity index (χ2v) is 4.50. The van der Waals surface area contributed by atoms with E-state index in [4.69, 9.17) is 21.4 Å². The number of hydrogen-bond acceptors (Lipinski definition) is 6. The molecule has 0 aliphatic carbocycles. The maximum absolute atomic E-state index is 11.4. The average molecular weight is 343 g/mol. The molecule has 0 bridgehead atoms. The molecule has 117 valence electrons. The fourth-order valence-electron chi connectivity index (χ4n) is 1.60. The third-order valence-electron chi connectivity index (χ3n) is 2.62. The largest absolute Gasteiger partial charge is 0.481 e. The number of aryl methyl sites for hydroxylation is 1. The van der Waals surface area contributed by atoms with Crippen LogP contribution < -0.4 is 0 Å². The maximum Gasteiger partial charge on any atom is 0.342 e. The Kier molecular flexibility index (Phi) is 9.26. The first kappa shape index (κ1) is 20.8. The Morgan fingerprint density at radius 3 is 2.68 bits per heavy atom. The zero-order valence-corrected chi connectivity index (χ0v) is 14.9. The Balaban J connectivity index is 0.00000441. The van der Waals surface area contributed by atoms with E-state index in [1.807, 2.05) is 0 Å². The van der Waals surface area contributed by atoms with Crippen molar-refractivity contribution >= 4 is 58.9 Å². The number of nitro groups is 1. The summed E-state index contributed by atoms with van der Waals surface area (Å²) in [5.74, 6) is -1.75. The number of hydrogen-bond donors (Lipinski definition) is 1. The molecule has 11 heteroatoms. The molecule has 1 aromatic heterocycles. The molecule has 0 saturated heterocycles. The zero-order valence-electron chi connectivity index (χ0n) is 12.2. The molecular weight excluding hydrogens is 329 g/mol. The van der Waals surface area contributed by atoms with Gasteiger partial charge < -0.3 is 20.0 Å². The van der Waals surface area contributed by atoms with E-state index in [-0.39, 0.29) is 60.6 Å². The minimum Gasteiger partial charge on any atom is -0.481 e. The fraction of sp³-hybridized carbons (Fsp3) is 0.545. The summed E-state index contributed by atoms with van der Waals surface area (Å²) < 4.78 is 6.28. The second kappa shape index (κ2) is 9.78. The number of carboxylic acids is 1. The van der Waals surface area contributed by atoms with E-state index in [9.17, 15) is 19.7 Å². The first-order chi connectivity index (χ1) is 9.85. The molecular formula is C11H14ClN3NaO6. The molecule has 0 saturated carbocycles. The van der Waals surface area contributed by atoms with E-state index in [2.05, 4.69) is 4.98 Å². The van der Waals surface area contributed by atoms with Gasteiger partial charge in [-0.3, -0.25) is 9.59 Å². The maximum atomic E-state index is 11.4. The molecule has 9 nitrogen and oxygen atoms in total. The van der Waals surface area contributed by atoms with Gasteiger partial charge in [0, 0.05) is 36.5 Å². The monoisotopic (exact) mass is 342 g/mol. The Labute approximate surface area is 153 Å². The number of aromatic nitrogens is 2. The number of esters is 1. The van der Waals surface area contributed by atoms with E-state index < -0.39 is 23.0 Å². The Bertz CT molecular complexity index is 550. The number of halogens is 1. The van der Waals surface area contributed by atoms with Crippen molar-refractivity contribution < 1.29 is 24.4 Å². The van der Waals surface area contributed by atoms with Gasteiger partial charge in [0.25, 0.3) is 0 Å². The van der Waals surface area contributed by atoms with Crippen molar-refractivity contribution in [3.63, 3.8) is 0 Å². The summed E-state index contributed by atoms with van der Waals surface area (Å²) in [6.07, 6.45) is -0.335. The number of carbonyl (C=O) groups is 2. The third-order valence-corrected chi connectivity index (χ3v) is 2.96. The predicted molar refractivity (Wildman–Crippen MR) is 76.8 cm³/mol. The van der Waals surface area contributed by atoms with Gasteiger partial charge in [-0.15, -0.1) is 11.6 Å². The third kappa shape index (κ3) is 6.30. The molecule has 0 aliphatic heterocycles. The quantitative estimate of drug-likeness (QED) is 0.243. The Morgan fingerprint density at radius 1 is 1.55 bits per heavy atom. The molecule has 1 aromatic rings. The standard InChI is InChI=1S/C11H14ClN3O6.Na/c1-7-13-5-9(15(19)20)14(7)6-8(4-12)21-11(18)3-2-10(16)17;/h5,8H,2-4,6H2,1H3,(H,16,17);/t8-;/m1./s1. The Hall–Kier alpha value is -1.16. The summed E-state index contributed by atoms with van der Waals surface area (Å²) in [6, 6.07) is 0. The van der Waals surface area contributed by atoms with E-state index >= 15 is 0 Å². The Morgan fingerprint density at radius 2 is 2.18 bits per heavy atom. The number of alkyl halides is 1. The number of carboxylic acid groups (broad SMARTS) is 1. The number of imidazole rings is 1. The zero-order chi connectivity index (χ0) is 16.0. The van der Waals surface area contributed by atoms with Crippen LogP contribution in [-0.4, -0.2) is 73.1 Å². The normalized spacial score (nSPS) is 11.4. The number of carbonyl (C=O) groups excluding carboxylic acids is 1. The van der Waals surface area contributed by atoms with Crippen LogP contribution >= 0.6 is 11.6 Å². The van der Waals surface area contributed by atoms with Crippen LogP contribution in [0.3, 0.4) is 0 Å².